The first kappa shape index (κ1) is 16.8. The fraction of sp³-hybridized carbons (Fsp3) is 0.286. The van der Waals surface area contributed by atoms with Crippen LogP contribution in [0.15, 0.2) is 18.3 Å². The number of ether oxygens (including phenoxy) is 1. The second kappa shape index (κ2) is 7.14. The number of nitrogens with one attached hydrogen (secondary N) is 1. The van der Waals surface area contributed by atoms with E-state index in [9.17, 15) is 18.0 Å². The highest BCUT2D eigenvalue weighted by atomic mass is 19.2. The molecule has 6 nitrogen and oxygen atoms in total. The van der Waals surface area contributed by atoms with E-state index < -0.39 is 34.7 Å². The molecular weight excluding hydrogens is 315 g/mol. The minimum atomic E-state index is -1.75. The van der Waals surface area contributed by atoms with Gasteiger partial charge in [-0.1, -0.05) is 0 Å². The van der Waals surface area contributed by atoms with Gasteiger partial charge in [-0.2, -0.15) is 9.49 Å². The molecule has 0 radical (unpaired) electrons. The number of phenolic OH excluding ortho intramolecular Hbond substituents is 1. The van der Waals surface area contributed by atoms with E-state index in [0.717, 1.165) is 0 Å². The summed E-state index contributed by atoms with van der Waals surface area (Å²) in [5.74, 6) is -7.31. The van der Waals surface area contributed by atoms with Crippen LogP contribution in [-0.2, 0) is 11.3 Å². The fourth-order valence-electron chi connectivity index (χ4n) is 1.86. The van der Waals surface area contributed by atoms with Crippen LogP contribution in [0.2, 0.25) is 0 Å². The van der Waals surface area contributed by atoms with E-state index in [0.29, 0.717) is 25.6 Å². The molecule has 1 aromatic heterocycles. The van der Waals surface area contributed by atoms with Crippen molar-refractivity contribution in [2.75, 3.05) is 19.0 Å². The molecule has 2 aromatic rings. The summed E-state index contributed by atoms with van der Waals surface area (Å²) < 4.78 is 46.3. The fourth-order valence-corrected chi connectivity index (χ4v) is 1.86. The number of hydrogen-bond acceptors (Lipinski definition) is 4. The van der Waals surface area contributed by atoms with Gasteiger partial charge in [-0.15, -0.1) is 0 Å². The third-order valence-electron chi connectivity index (χ3n) is 3.00. The molecule has 9 heteroatoms. The van der Waals surface area contributed by atoms with Gasteiger partial charge in [0.25, 0.3) is 5.91 Å². The number of methoxy groups -OCH3 is 1. The van der Waals surface area contributed by atoms with Crippen LogP contribution in [0.5, 0.6) is 5.75 Å². The zero-order valence-electron chi connectivity index (χ0n) is 12.1. The topological polar surface area (TPSA) is 76.4 Å². The Balaban J connectivity index is 2.11. The minimum absolute atomic E-state index is 0.107. The Morgan fingerprint density at radius 3 is 2.83 bits per heavy atom. The molecule has 0 aliphatic carbocycles. The second-order valence-electron chi connectivity index (χ2n) is 4.65. The highest BCUT2D eigenvalue weighted by Crippen LogP contribution is 2.26. The average molecular weight is 329 g/mol. The predicted octanol–water partition coefficient (Wildman–Crippen LogP) is 2.29. The molecule has 1 amide bonds. The SMILES string of the molecule is COCCCn1ccc(NC(=O)c2cc(F)c(F)c(O)c2F)n1. The largest absolute Gasteiger partial charge is 0.503 e. The number of hydrogen-bond donors (Lipinski definition) is 2. The first-order valence-electron chi connectivity index (χ1n) is 6.64. The van der Waals surface area contributed by atoms with Crippen LogP contribution in [-0.4, -0.2) is 34.5 Å². The summed E-state index contributed by atoms with van der Waals surface area (Å²) in [5, 5.41) is 15.4. The van der Waals surface area contributed by atoms with Crippen LogP contribution in [0.3, 0.4) is 0 Å². The van der Waals surface area contributed by atoms with E-state index in [1.165, 1.54) is 10.7 Å². The lowest BCUT2D eigenvalue weighted by Crippen LogP contribution is -2.15. The van der Waals surface area contributed by atoms with Gasteiger partial charge in [0.15, 0.2) is 23.2 Å². The molecule has 0 unspecified atom stereocenters. The van der Waals surface area contributed by atoms with Crippen molar-refractivity contribution < 1.29 is 27.8 Å². The van der Waals surface area contributed by atoms with Gasteiger partial charge in [-0.25, -0.2) is 8.78 Å². The summed E-state index contributed by atoms with van der Waals surface area (Å²) in [6.45, 7) is 1.09. The number of carbonyl (C=O) groups excluding carboxylic acids is 1. The van der Waals surface area contributed by atoms with Crippen molar-refractivity contribution in [3.05, 3.63) is 41.3 Å². The standard InChI is InChI=1S/C14H14F3N3O3/c1-23-6-2-4-20-5-3-10(19-20)18-14(22)8-7-9(15)12(17)13(21)11(8)16/h3,5,7,21H,2,4,6H2,1H3,(H,18,19,22). The van der Waals surface area contributed by atoms with Crippen molar-refractivity contribution in [1.82, 2.24) is 9.78 Å². The number of aromatic nitrogens is 2. The van der Waals surface area contributed by atoms with E-state index in [1.807, 2.05) is 0 Å². The molecule has 2 N–H and O–H groups in total. The van der Waals surface area contributed by atoms with E-state index in [2.05, 4.69) is 10.4 Å². The predicted molar refractivity (Wildman–Crippen MR) is 74.7 cm³/mol. The Morgan fingerprint density at radius 2 is 2.13 bits per heavy atom. The number of anilines is 1. The van der Waals surface area contributed by atoms with Crippen molar-refractivity contribution >= 4 is 11.7 Å². The molecule has 1 aromatic carbocycles. The van der Waals surface area contributed by atoms with Crippen molar-refractivity contribution in [3.8, 4) is 5.75 Å². The van der Waals surface area contributed by atoms with Crippen LogP contribution in [0.25, 0.3) is 0 Å². The van der Waals surface area contributed by atoms with E-state index in [1.54, 1.807) is 13.3 Å². The third kappa shape index (κ3) is 3.81. The number of phenols is 1. The van der Waals surface area contributed by atoms with Crippen LogP contribution in [0, 0.1) is 17.5 Å². The van der Waals surface area contributed by atoms with Gasteiger partial charge in [0.2, 0.25) is 5.82 Å². The van der Waals surface area contributed by atoms with Gasteiger partial charge in [0.1, 0.15) is 0 Å². The summed E-state index contributed by atoms with van der Waals surface area (Å²) in [6.07, 6.45) is 2.29. The summed E-state index contributed by atoms with van der Waals surface area (Å²) in [7, 11) is 1.57. The van der Waals surface area contributed by atoms with E-state index in [-0.39, 0.29) is 5.82 Å². The number of carbonyl (C=O) groups is 1. The Morgan fingerprint density at radius 1 is 1.39 bits per heavy atom. The number of aromatic hydroxyl groups is 1. The Hall–Kier alpha value is -2.55. The number of rotatable bonds is 6. The van der Waals surface area contributed by atoms with Gasteiger partial charge in [-0.3, -0.25) is 9.48 Å². The van der Waals surface area contributed by atoms with Crippen molar-refractivity contribution in [3.63, 3.8) is 0 Å². The quantitative estimate of drug-likeness (QED) is 0.630. The van der Waals surface area contributed by atoms with Gasteiger partial charge in [0.05, 0.1) is 5.56 Å². The first-order valence-corrected chi connectivity index (χ1v) is 6.64. The number of nitrogens with zero attached hydrogens (tertiary/aromatic N) is 2. The van der Waals surface area contributed by atoms with Crippen LogP contribution in [0.4, 0.5) is 19.0 Å². The Kier molecular flexibility index (Phi) is 5.22. The summed E-state index contributed by atoms with van der Waals surface area (Å²) in [5.41, 5.74) is -0.824. The lowest BCUT2D eigenvalue weighted by atomic mass is 10.1. The molecule has 0 bridgehead atoms. The minimum Gasteiger partial charge on any atom is -0.503 e. The van der Waals surface area contributed by atoms with Crippen molar-refractivity contribution in [2.24, 2.45) is 0 Å². The summed E-state index contributed by atoms with van der Waals surface area (Å²) in [4.78, 5) is 11.9. The Bertz CT molecular complexity index is 719. The van der Waals surface area contributed by atoms with E-state index in [4.69, 9.17) is 9.84 Å². The number of aryl methyl sites for hydroxylation is 1. The summed E-state index contributed by atoms with van der Waals surface area (Å²) in [6, 6.07) is 1.83. The third-order valence-corrected chi connectivity index (χ3v) is 3.00. The first-order chi connectivity index (χ1) is 10.9. The molecule has 0 saturated carbocycles. The van der Waals surface area contributed by atoms with Gasteiger partial charge < -0.3 is 15.2 Å². The number of halogens is 3. The van der Waals surface area contributed by atoms with E-state index >= 15 is 0 Å². The molecular formula is C14H14F3N3O3. The zero-order valence-corrected chi connectivity index (χ0v) is 12.1. The molecule has 0 saturated heterocycles. The number of benzene rings is 1. The van der Waals surface area contributed by atoms with Gasteiger partial charge >= 0.3 is 0 Å². The molecule has 1 heterocycles. The monoisotopic (exact) mass is 329 g/mol. The highest BCUT2D eigenvalue weighted by molar-refractivity contribution is 6.04. The lowest BCUT2D eigenvalue weighted by molar-refractivity contribution is 0.102. The normalized spacial score (nSPS) is 10.8. The zero-order chi connectivity index (χ0) is 17.0. The van der Waals surface area contributed by atoms with Crippen molar-refractivity contribution in [1.29, 1.82) is 0 Å². The van der Waals surface area contributed by atoms with Gasteiger partial charge in [-0.05, 0) is 12.5 Å². The lowest BCUT2D eigenvalue weighted by Gasteiger charge is -2.06. The molecule has 2 rings (SSSR count). The summed E-state index contributed by atoms with van der Waals surface area (Å²) >= 11 is 0. The van der Waals surface area contributed by atoms with Crippen LogP contribution < -0.4 is 5.32 Å². The number of amides is 1. The average Bonchev–Trinajstić information content (AvgIpc) is 2.96. The molecule has 0 spiro atoms. The molecule has 0 fully saturated rings. The van der Waals surface area contributed by atoms with Crippen LogP contribution >= 0.6 is 0 Å². The molecule has 0 atom stereocenters. The van der Waals surface area contributed by atoms with Crippen molar-refractivity contribution in [2.45, 2.75) is 13.0 Å². The maximum absolute atomic E-state index is 13.6. The van der Waals surface area contributed by atoms with Gasteiger partial charge in [0, 0.05) is 32.5 Å². The Labute approximate surface area is 129 Å². The maximum atomic E-state index is 13.6. The smallest absolute Gasteiger partial charge is 0.260 e. The molecule has 0 aliphatic rings. The molecule has 124 valence electrons. The van der Waals surface area contributed by atoms with Crippen LogP contribution in [0.1, 0.15) is 16.8 Å². The molecule has 23 heavy (non-hydrogen) atoms. The highest BCUT2D eigenvalue weighted by Gasteiger charge is 2.22. The second-order valence-corrected chi connectivity index (χ2v) is 4.65. The molecule has 0 aliphatic heterocycles. The maximum Gasteiger partial charge on any atom is 0.260 e.